The van der Waals surface area contributed by atoms with Crippen molar-refractivity contribution in [2.24, 2.45) is 10.8 Å². The van der Waals surface area contributed by atoms with Gasteiger partial charge in [0.1, 0.15) is 0 Å². The fourth-order valence-electron chi connectivity index (χ4n) is 1.38. The highest BCUT2D eigenvalue weighted by molar-refractivity contribution is 6.31. The fourth-order valence-corrected chi connectivity index (χ4v) is 1.58. The molecule has 0 aliphatic heterocycles. The van der Waals surface area contributed by atoms with Crippen molar-refractivity contribution in [1.82, 2.24) is 10.3 Å². The Labute approximate surface area is 101 Å². The lowest BCUT2D eigenvalue weighted by atomic mass is 10.2. The minimum absolute atomic E-state index is 0.655. The number of rotatable bonds is 3. The average Bonchev–Trinajstić information content (AvgIpc) is 2.29. The molecule has 0 aromatic heterocycles. The van der Waals surface area contributed by atoms with Gasteiger partial charge in [-0.1, -0.05) is 29.8 Å². The zero-order valence-corrected chi connectivity index (χ0v) is 10.3. The predicted molar refractivity (Wildman–Crippen MR) is 68.2 cm³/mol. The molecule has 0 saturated carbocycles. The van der Waals surface area contributed by atoms with Crippen LogP contribution < -0.4 is 11.3 Å². The highest BCUT2D eigenvalue weighted by atomic mass is 35.5. The summed E-state index contributed by atoms with van der Waals surface area (Å²) in [5.41, 5.74) is 3.62. The van der Waals surface area contributed by atoms with Crippen LogP contribution >= 0.6 is 11.6 Å². The highest BCUT2D eigenvalue weighted by Gasteiger charge is 2.07. The molecule has 1 aromatic rings. The molecule has 16 heavy (non-hydrogen) atoms. The number of hydrogen-bond donors (Lipinski definition) is 2. The molecule has 0 amide bonds. The average molecular weight is 241 g/mol. The number of nitrogens with one attached hydrogen (secondary N) is 1. The molecule has 0 radical (unpaired) electrons. The van der Waals surface area contributed by atoms with Crippen molar-refractivity contribution in [2.75, 3.05) is 13.6 Å². The van der Waals surface area contributed by atoms with Crippen molar-refractivity contribution in [1.29, 1.82) is 0 Å². The molecule has 5 heteroatoms. The molecule has 0 spiro atoms. The predicted octanol–water partition coefficient (Wildman–Crippen LogP) is 1.61. The van der Waals surface area contributed by atoms with E-state index in [0.29, 0.717) is 19.0 Å². The molecule has 0 fully saturated rings. The van der Waals surface area contributed by atoms with Gasteiger partial charge in [-0.2, -0.15) is 0 Å². The van der Waals surface area contributed by atoms with E-state index in [1.54, 1.807) is 0 Å². The van der Waals surface area contributed by atoms with E-state index in [9.17, 15) is 0 Å². The lowest BCUT2D eigenvalue weighted by Crippen LogP contribution is -2.42. The van der Waals surface area contributed by atoms with E-state index in [1.165, 1.54) is 0 Å². The smallest absolute Gasteiger partial charge is 0.208 e. The minimum atomic E-state index is 0.655. The molecule has 88 valence electrons. The van der Waals surface area contributed by atoms with Crippen molar-refractivity contribution < 1.29 is 0 Å². The molecule has 0 aliphatic rings. The lowest BCUT2D eigenvalue weighted by molar-refractivity contribution is 0.477. The van der Waals surface area contributed by atoms with Gasteiger partial charge in [-0.15, -0.1) is 0 Å². The Morgan fingerprint density at radius 3 is 2.75 bits per heavy atom. The summed E-state index contributed by atoms with van der Waals surface area (Å²) in [7, 11) is 1.91. The highest BCUT2D eigenvalue weighted by Crippen LogP contribution is 2.16. The van der Waals surface area contributed by atoms with Gasteiger partial charge < -0.3 is 4.90 Å². The summed E-state index contributed by atoms with van der Waals surface area (Å²) in [5.74, 6) is 6.05. The molecule has 0 aliphatic carbocycles. The summed E-state index contributed by atoms with van der Waals surface area (Å²) in [6, 6.07) is 7.73. The van der Waals surface area contributed by atoms with E-state index in [4.69, 9.17) is 17.4 Å². The van der Waals surface area contributed by atoms with Crippen LogP contribution in [0.2, 0.25) is 5.02 Å². The first kappa shape index (κ1) is 12.8. The maximum atomic E-state index is 6.08. The Morgan fingerprint density at radius 1 is 1.50 bits per heavy atom. The summed E-state index contributed by atoms with van der Waals surface area (Å²) in [6.45, 7) is 3.32. The topological polar surface area (TPSA) is 53.6 Å². The van der Waals surface area contributed by atoms with Gasteiger partial charge in [-0.3, -0.25) is 10.4 Å². The number of aliphatic imine (C=N–C) groups is 1. The molecule has 3 N–H and O–H groups in total. The standard InChI is InChI=1S/C11H17ClN4/c1-3-14-11(15-13)16(2)8-9-6-4-5-7-10(9)12/h4-7H,3,8,13H2,1-2H3,(H,14,15). The number of hydrogen-bond acceptors (Lipinski definition) is 2. The molecule has 0 saturated heterocycles. The molecule has 0 bridgehead atoms. The summed E-state index contributed by atoms with van der Waals surface area (Å²) in [6.07, 6.45) is 0. The molecule has 1 aromatic carbocycles. The quantitative estimate of drug-likeness (QED) is 0.365. The molecule has 0 atom stereocenters. The summed E-state index contributed by atoms with van der Waals surface area (Å²) in [5, 5.41) is 0.752. The first-order valence-electron chi connectivity index (χ1n) is 5.14. The third kappa shape index (κ3) is 3.40. The number of hydrazine groups is 1. The van der Waals surface area contributed by atoms with Gasteiger partial charge in [0.25, 0.3) is 0 Å². The van der Waals surface area contributed by atoms with Crippen LogP contribution in [0.4, 0.5) is 0 Å². The maximum Gasteiger partial charge on any atom is 0.208 e. The molecule has 1 rings (SSSR count). The van der Waals surface area contributed by atoms with Gasteiger partial charge in [-0.25, -0.2) is 5.84 Å². The summed E-state index contributed by atoms with van der Waals surface area (Å²) in [4.78, 5) is 6.15. The van der Waals surface area contributed by atoms with Crippen LogP contribution in [-0.2, 0) is 6.54 Å². The third-order valence-electron chi connectivity index (χ3n) is 2.16. The second-order valence-corrected chi connectivity index (χ2v) is 3.80. The van der Waals surface area contributed by atoms with Gasteiger partial charge in [-0.05, 0) is 18.6 Å². The van der Waals surface area contributed by atoms with Crippen LogP contribution in [0.3, 0.4) is 0 Å². The van der Waals surface area contributed by atoms with Gasteiger partial charge in [0.05, 0.1) is 0 Å². The minimum Gasteiger partial charge on any atom is -0.341 e. The van der Waals surface area contributed by atoms with Crippen molar-refractivity contribution in [3.63, 3.8) is 0 Å². The Hall–Kier alpha value is -1.26. The monoisotopic (exact) mass is 240 g/mol. The van der Waals surface area contributed by atoms with Gasteiger partial charge in [0, 0.05) is 25.2 Å². The Morgan fingerprint density at radius 2 is 2.19 bits per heavy atom. The fraction of sp³-hybridized carbons (Fsp3) is 0.364. The van der Waals surface area contributed by atoms with Crippen LogP contribution in [0.5, 0.6) is 0 Å². The van der Waals surface area contributed by atoms with Gasteiger partial charge in [0.15, 0.2) is 0 Å². The van der Waals surface area contributed by atoms with E-state index in [1.807, 2.05) is 43.1 Å². The van der Waals surface area contributed by atoms with E-state index in [-0.39, 0.29) is 0 Å². The van der Waals surface area contributed by atoms with E-state index < -0.39 is 0 Å². The number of nitrogens with zero attached hydrogens (tertiary/aromatic N) is 2. The summed E-state index contributed by atoms with van der Waals surface area (Å²) < 4.78 is 0. The summed E-state index contributed by atoms with van der Waals surface area (Å²) >= 11 is 6.08. The molecule has 0 heterocycles. The SMILES string of the molecule is CCN=C(NN)N(C)Cc1ccccc1Cl. The lowest BCUT2D eigenvalue weighted by Gasteiger charge is -2.21. The largest absolute Gasteiger partial charge is 0.341 e. The molecular weight excluding hydrogens is 224 g/mol. The number of halogens is 1. The second-order valence-electron chi connectivity index (χ2n) is 3.39. The van der Waals surface area contributed by atoms with Crippen LogP contribution in [-0.4, -0.2) is 24.5 Å². The van der Waals surface area contributed by atoms with Crippen LogP contribution in [0, 0.1) is 0 Å². The van der Waals surface area contributed by atoms with Crippen molar-refractivity contribution in [2.45, 2.75) is 13.5 Å². The Bertz CT molecular complexity index is 365. The normalized spacial score (nSPS) is 11.4. The van der Waals surface area contributed by atoms with Crippen molar-refractivity contribution in [3.8, 4) is 0 Å². The van der Waals surface area contributed by atoms with E-state index in [2.05, 4.69) is 10.4 Å². The zero-order chi connectivity index (χ0) is 12.0. The molecular formula is C11H17ClN4. The Balaban J connectivity index is 2.74. The van der Waals surface area contributed by atoms with Crippen molar-refractivity contribution in [3.05, 3.63) is 34.9 Å². The third-order valence-corrected chi connectivity index (χ3v) is 2.53. The second kappa shape index (κ2) is 6.35. The van der Waals surface area contributed by atoms with Crippen LogP contribution in [0.1, 0.15) is 12.5 Å². The number of guanidine groups is 1. The van der Waals surface area contributed by atoms with E-state index >= 15 is 0 Å². The van der Waals surface area contributed by atoms with Gasteiger partial charge >= 0.3 is 0 Å². The van der Waals surface area contributed by atoms with E-state index in [0.717, 1.165) is 10.6 Å². The number of benzene rings is 1. The van der Waals surface area contributed by atoms with Crippen LogP contribution in [0.15, 0.2) is 29.3 Å². The van der Waals surface area contributed by atoms with Crippen molar-refractivity contribution >= 4 is 17.6 Å². The molecule has 4 nitrogen and oxygen atoms in total. The number of nitrogens with two attached hydrogens (primary N) is 1. The molecule has 0 unspecified atom stereocenters. The first-order valence-corrected chi connectivity index (χ1v) is 5.52. The zero-order valence-electron chi connectivity index (χ0n) is 9.57. The first-order chi connectivity index (χ1) is 7.69. The Kier molecular flexibility index (Phi) is 5.08. The van der Waals surface area contributed by atoms with Crippen LogP contribution in [0.25, 0.3) is 0 Å². The maximum absolute atomic E-state index is 6.08. The van der Waals surface area contributed by atoms with Gasteiger partial charge in [0.2, 0.25) is 5.96 Å².